The summed E-state index contributed by atoms with van der Waals surface area (Å²) in [5, 5.41) is 0. The quantitative estimate of drug-likeness (QED) is 0.715. The van der Waals surface area contributed by atoms with Crippen molar-refractivity contribution in [1.82, 2.24) is 4.90 Å². The van der Waals surface area contributed by atoms with E-state index in [9.17, 15) is 4.79 Å². The van der Waals surface area contributed by atoms with Crippen LogP contribution in [0.3, 0.4) is 0 Å². The molecule has 2 aliphatic rings. The molecule has 104 valence electrons. The number of carbonyl (C=O) groups excluding carboxylic acids is 1. The van der Waals surface area contributed by atoms with E-state index in [0.717, 1.165) is 25.9 Å². The van der Waals surface area contributed by atoms with Crippen LogP contribution in [0.1, 0.15) is 19.3 Å². The Bertz CT molecular complexity index is 285. The molecule has 2 fully saturated rings. The molecule has 2 N–H and O–H groups in total. The molecule has 1 heterocycles. The number of nitrogens with zero attached hydrogens (tertiary/aromatic N) is 1. The molecule has 1 saturated heterocycles. The molecule has 0 spiro atoms. The summed E-state index contributed by atoms with van der Waals surface area (Å²) in [6.45, 7) is 2.95. The Labute approximate surface area is 109 Å². The number of fused-ring (bicyclic) bond motifs is 1. The van der Waals surface area contributed by atoms with Crippen LogP contribution in [0, 0.1) is 11.8 Å². The standard InChI is InChI=1S/C13H24N2O3/c1-17-4-5-18-9-13(16)15-7-10-2-3-12(14)6-11(10)8-15/h10-12H,2-9,14H2,1H3/t10-,11+,12?/m1/s1. The van der Waals surface area contributed by atoms with Gasteiger partial charge >= 0.3 is 0 Å². The molecule has 1 aliphatic carbocycles. The molecule has 0 aromatic rings. The molecule has 5 nitrogen and oxygen atoms in total. The molecule has 3 atom stereocenters. The Kier molecular flexibility index (Phi) is 4.97. The maximum absolute atomic E-state index is 12.0. The van der Waals surface area contributed by atoms with E-state index >= 15 is 0 Å². The van der Waals surface area contributed by atoms with Crippen molar-refractivity contribution in [3.63, 3.8) is 0 Å². The number of hydrogen-bond acceptors (Lipinski definition) is 4. The highest BCUT2D eigenvalue weighted by molar-refractivity contribution is 5.77. The first kappa shape index (κ1) is 13.8. The number of amides is 1. The number of hydrogen-bond donors (Lipinski definition) is 1. The summed E-state index contributed by atoms with van der Waals surface area (Å²) in [7, 11) is 1.62. The van der Waals surface area contributed by atoms with Crippen LogP contribution in [-0.4, -0.2) is 56.9 Å². The van der Waals surface area contributed by atoms with Crippen LogP contribution < -0.4 is 5.73 Å². The van der Waals surface area contributed by atoms with Crippen molar-refractivity contribution in [2.24, 2.45) is 17.6 Å². The van der Waals surface area contributed by atoms with E-state index in [1.807, 2.05) is 4.90 Å². The van der Waals surface area contributed by atoms with E-state index in [1.165, 1.54) is 6.42 Å². The second kappa shape index (κ2) is 6.50. The second-order valence-corrected chi connectivity index (χ2v) is 5.44. The van der Waals surface area contributed by atoms with Gasteiger partial charge in [-0.05, 0) is 31.1 Å². The lowest BCUT2D eigenvalue weighted by Gasteiger charge is -2.27. The van der Waals surface area contributed by atoms with E-state index in [2.05, 4.69) is 0 Å². The highest BCUT2D eigenvalue weighted by Gasteiger charge is 2.38. The molecule has 0 bridgehead atoms. The van der Waals surface area contributed by atoms with Crippen LogP contribution in [0.5, 0.6) is 0 Å². The Morgan fingerprint density at radius 2 is 2.06 bits per heavy atom. The van der Waals surface area contributed by atoms with Gasteiger partial charge in [0.2, 0.25) is 5.91 Å². The van der Waals surface area contributed by atoms with Crippen molar-refractivity contribution < 1.29 is 14.3 Å². The van der Waals surface area contributed by atoms with Gasteiger partial charge in [-0.1, -0.05) is 0 Å². The van der Waals surface area contributed by atoms with E-state index in [0.29, 0.717) is 31.1 Å². The Balaban J connectivity index is 1.72. The average molecular weight is 256 g/mol. The van der Waals surface area contributed by atoms with Gasteiger partial charge in [0.05, 0.1) is 13.2 Å². The van der Waals surface area contributed by atoms with Crippen LogP contribution in [0.25, 0.3) is 0 Å². The molecular weight excluding hydrogens is 232 g/mol. The number of likely N-dealkylation sites (tertiary alicyclic amines) is 1. The van der Waals surface area contributed by atoms with Crippen LogP contribution in [0.15, 0.2) is 0 Å². The van der Waals surface area contributed by atoms with Crippen LogP contribution >= 0.6 is 0 Å². The van der Waals surface area contributed by atoms with Gasteiger partial charge in [0.1, 0.15) is 6.61 Å². The Hall–Kier alpha value is -0.650. The normalized spacial score (nSPS) is 31.4. The summed E-state index contributed by atoms with van der Waals surface area (Å²) in [5.41, 5.74) is 5.98. The third-order valence-corrected chi connectivity index (χ3v) is 4.10. The number of rotatable bonds is 5. The minimum absolute atomic E-state index is 0.106. The first-order valence-electron chi connectivity index (χ1n) is 6.80. The van der Waals surface area contributed by atoms with Gasteiger partial charge in [-0.2, -0.15) is 0 Å². The predicted octanol–water partition coefficient (Wildman–Crippen LogP) is 0.235. The van der Waals surface area contributed by atoms with E-state index in [-0.39, 0.29) is 12.5 Å². The number of ether oxygens (including phenoxy) is 2. The van der Waals surface area contributed by atoms with Crippen LogP contribution in [0.4, 0.5) is 0 Å². The topological polar surface area (TPSA) is 64.8 Å². The van der Waals surface area contributed by atoms with E-state index < -0.39 is 0 Å². The largest absolute Gasteiger partial charge is 0.382 e. The first-order valence-corrected chi connectivity index (χ1v) is 6.80. The molecule has 1 saturated carbocycles. The van der Waals surface area contributed by atoms with Gasteiger partial charge in [-0.15, -0.1) is 0 Å². The summed E-state index contributed by atoms with van der Waals surface area (Å²) >= 11 is 0. The Morgan fingerprint density at radius 1 is 1.28 bits per heavy atom. The molecule has 2 rings (SSSR count). The average Bonchev–Trinajstić information content (AvgIpc) is 2.77. The second-order valence-electron chi connectivity index (χ2n) is 5.44. The van der Waals surface area contributed by atoms with Gasteiger partial charge < -0.3 is 20.1 Å². The molecule has 0 aromatic carbocycles. The van der Waals surface area contributed by atoms with Gasteiger partial charge in [0.15, 0.2) is 0 Å². The number of nitrogens with two attached hydrogens (primary N) is 1. The molecule has 5 heteroatoms. The van der Waals surface area contributed by atoms with E-state index in [4.69, 9.17) is 15.2 Å². The van der Waals surface area contributed by atoms with Crippen LogP contribution in [-0.2, 0) is 14.3 Å². The molecule has 1 unspecified atom stereocenters. The van der Waals surface area contributed by atoms with E-state index in [1.54, 1.807) is 7.11 Å². The number of methoxy groups -OCH3 is 1. The van der Waals surface area contributed by atoms with Gasteiger partial charge in [0.25, 0.3) is 0 Å². The summed E-state index contributed by atoms with van der Waals surface area (Å²) in [5.74, 6) is 1.37. The lowest BCUT2D eigenvalue weighted by molar-refractivity contribution is -0.135. The first-order chi connectivity index (χ1) is 8.70. The maximum atomic E-state index is 12.0. The van der Waals surface area contributed by atoms with Crippen molar-refractivity contribution in [3.05, 3.63) is 0 Å². The Morgan fingerprint density at radius 3 is 2.83 bits per heavy atom. The van der Waals surface area contributed by atoms with Gasteiger partial charge in [-0.25, -0.2) is 0 Å². The van der Waals surface area contributed by atoms with Gasteiger partial charge in [0, 0.05) is 26.2 Å². The predicted molar refractivity (Wildman–Crippen MR) is 68.1 cm³/mol. The zero-order valence-electron chi connectivity index (χ0n) is 11.1. The van der Waals surface area contributed by atoms with Crippen molar-refractivity contribution in [3.8, 4) is 0 Å². The van der Waals surface area contributed by atoms with Crippen LogP contribution in [0.2, 0.25) is 0 Å². The summed E-state index contributed by atoms with van der Waals surface area (Å²) in [4.78, 5) is 13.9. The lowest BCUT2D eigenvalue weighted by Crippen LogP contribution is -2.33. The van der Waals surface area contributed by atoms with Crippen molar-refractivity contribution in [1.29, 1.82) is 0 Å². The molecular formula is C13H24N2O3. The maximum Gasteiger partial charge on any atom is 0.248 e. The minimum atomic E-state index is 0.106. The third-order valence-electron chi connectivity index (χ3n) is 4.10. The third kappa shape index (κ3) is 3.43. The number of carbonyl (C=O) groups is 1. The van der Waals surface area contributed by atoms with Crippen molar-refractivity contribution in [2.45, 2.75) is 25.3 Å². The SMILES string of the molecule is COCCOCC(=O)N1C[C@H]2CCC(N)C[C@H]2C1. The molecule has 1 aliphatic heterocycles. The smallest absolute Gasteiger partial charge is 0.248 e. The summed E-state index contributed by atoms with van der Waals surface area (Å²) in [6.07, 6.45) is 3.34. The highest BCUT2D eigenvalue weighted by Crippen LogP contribution is 2.35. The monoisotopic (exact) mass is 256 g/mol. The van der Waals surface area contributed by atoms with Crippen molar-refractivity contribution >= 4 is 5.91 Å². The fraction of sp³-hybridized carbons (Fsp3) is 0.923. The molecule has 1 amide bonds. The van der Waals surface area contributed by atoms with Crippen molar-refractivity contribution in [2.75, 3.05) is 40.0 Å². The zero-order chi connectivity index (χ0) is 13.0. The van der Waals surface area contributed by atoms with Gasteiger partial charge in [-0.3, -0.25) is 4.79 Å². The summed E-state index contributed by atoms with van der Waals surface area (Å²) in [6, 6.07) is 0.333. The fourth-order valence-corrected chi connectivity index (χ4v) is 3.06. The molecule has 0 aromatic heterocycles. The molecule has 0 radical (unpaired) electrons. The molecule has 18 heavy (non-hydrogen) atoms. The highest BCUT2D eigenvalue weighted by atomic mass is 16.5. The fourth-order valence-electron chi connectivity index (χ4n) is 3.06. The zero-order valence-corrected chi connectivity index (χ0v) is 11.1. The minimum Gasteiger partial charge on any atom is -0.382 e. The summed E-state index contributed by atoms with van der Waals surface area (Å²) < 4.78 is 10.2. The lowest BCUT2D eigenvalue weighted by atomic mass is 9.79.